The summed E-state index contributed by atoms with van der Waals surface area (Å²) in [5, 5.41) is 19.2. The number of hydrogen-bond donors (Lipinski definition) is 3. The van der Waals surface area contributed by atoms with Crippen molar-refractivity contribution in [2.75, 3.05) is 6.61 Å². The molecule has 0 aliphatic rings. The minimum Gasteiger partial charge on any atom is -0.506 e. The molecule has 0 saturated heterocycles. The number of rotatable bonds is 3. The van der Waals surface area contributed by atoms with Crippen molar-refractivity contribution in [2.24, 2.45) is 11.1 Å². The van der Waals surface area contributed by atoms with Crippen molar-refractivity contribution in [3.05, 3.63) is 25.0 Å². The first kappa shape index (κ1) is 15.4. The summed E-state index contributed by atoms with van der Waals surface area (Å²) in [6, 6.07) is 1.33. The Morgan fingerprint density at radius 3 is 2.29 bits per heavy atom. The third-order valence-electron chi connectivity index (χ3n) is 2.74. The predicted molar refractivity (Wildman–Crippen MR) is 79.0 cm³/mol. The quantitative estimate of drug-likeness (QED) is 0.683. The summed E-state index contributed by atoms with van der Waals surface area (Å²) in [5.74, 6) is 0.104. The van der Waals surface area contributed by atoms with Crippen molar-refractivity contribution in [1.29, 1.82) is 0 Å². The fourth-order valence-corrected chi connectivity index (χ4v) is 3.98. The second kappa shape index (κ2) is 5.57. The number of phenols is 1. The molecule has 0 heterocycles. The van der Waals surface area contributed by atoms with Crippen molar-refractivity contribution >= 4 is 47.8 Å². The van der Waals surface area contributed by atoms with Crippen LogP contribution in [0.25, 0.3) is 0 Å². The molecule has 1 atom stereocenters. The Bertz CT molecular complexity index is 435. The van der Waals surface area contributed by atoms with E-state index in [9.17, 15) is 10.2 Å². The van der Waals surface area contributed by atoms with Crippen LogP contribution in [0.3, 0.4) is 0 Å². The molecule has 6 heteroatoms. The van der Waals surface area contributed by atoms with Gasteiger partial charge in [-0.05, 0) is 37.9 Å². The van der Waals surface area contributed by atoms with Crippen LogP contribution in [-0.4, -0.2) is 16.8 Å². The SMILES string of the molecule is CC(C)(CO)[C@H](N)c1c(Br)cc(Br)c(O)c1Br. The zero-order valence-electron chi connectivity index (χ0n) is 9.47. The van der Waals surface area contributed by atoms with E-state index in [1.165, 1.54) is 0 Å². The zero-order chi connectivity index (χ0) is 13.4. The third kappa shape index (κ3) is 3.04. The van der Waals surface area contributed by atoms with Crippen LogP contribution in [0.4, 0.5) is 0 Å². The molecule has 0 unspecified atom stereocenters. The first-order valence-electron chi connectivity index (χ1n) is 4.95. The number of benzene rings is 1. The van der Waals surface area contributed by atoms with E-state index in [1.54, 1.807) is 6.07 Å². The molecule has 3 nitrogen and oxygen atoms in total. The molecule has 0 spiro atoms. The van der Waals surface area contributed by atoms with Gasteiger partial charge in [-0.1, -0.05) is 29.8 Å². The summed E-state index contributed by atoms with van der Waals surface area (Å²) < 4.78 is 1.89. The molecule has 1 aromatic rings. The maximum absolute atomic E-state index is 9.87. The minimum absolute atomic E-state index is 0.0378. The van der Waals surface area contributed by atoms with Gasteiger partial charge < -0.3 is 15.9 Å². The monoisotopic (exact) mass is 429 g/mol. The predicted octanol–water partition coefficient (Wildman–Crippen LogP) is 3.70. The number of aliphatic hydroxyl groups excluding tert-OH is 1. The van der Waals surface area contributed by atoms with Crippen LogP contribution in [0.2, 0.25) is 0 Å². The van der Waals surface area contributed by atoms with E-state index < -0.39 is 11.5 Å². The lowest BCUT2D eigenvalue weighted by atomic mass is 9.82. The molecule has 0 radical (unpaired) electrons. The van der Waals surface area contributed by atoms with E-state index in [0.29, 0.717) is 8.95 Å². The number of halogens is 3. The van der Waals surface area contributed by atoms with Crippen LogP contribution >= 0.6 is 47.8 Å². The third-order valence-corrected chi connectivity index (χ3v) is 4.81. The van der Waals surface area contributed by atoms with Crippen molar-refractivity contribution in [1.82, 2.24) is 0 Å². The van der Waals surface area contributed by atoms with Gasteiger partial charge in [-0.25, -0.2) is 0 Å². The highest BCUT2D eigenvalue weighted by Gasteiger charge is 2.31. The van der Waals surface area contributed by atoms with Crippen molar-refractivity contribution in [2.45, 2.75) is 19.9 Å². The summed E-state index contributed by atoms with van der Waals surface area (Å²) >= 11 is 10.0. The van der Waals surface area contributed by atoms with E-state index in [-0.39, 0.29) is 12.4 Å². The van der Waals surface area contributed by atoms with Crippen molar-refractivity contribution in [3.8, 4) is 5.75 Å². The number of hydrogen-bond acceptors (Lipinski definition) is 3. The summed E-state index contributed by atoms with van der Waals surface area (Å²) in [6.07, 6.45) is 0. The summed E-state index contributed by atoms with van der Waals surface area (Å²) in [6.45, 7) is 3.70. The highest BCUT2D eigenvalue weighted by atomic mass is 79.9. The van der Waals surface area contributed by atoms with Gasteiger partial charge in [-0.3, -0.25) is 0 Å². The lowest BCUT2D eigenvalue weighted by Gasteiger charge is -2.31. The molecule has 0 aromatic heterocycles. The van der Waals surface area contributed by atoms with Gasteiger partial charge in [-0.2, -0.15) is 0 Å². The maximum Gasteiger partial charge on any atom is 0.144 e. The summed E-state index contributed by atoms with van der Waals surface area (Å²) in [4.78, 5) is 0. The fourth-order valence-electron chi connectivity index (χ4n) is 1.37. The molecule has 0 amide bonds. The molecule has 0 aliphatic carbocycles. The Morgan fingerprint density at radius 2 is 1.82 bits per heavy atom. The van der Waals surface area contributed by atoms with Gasteiger partial charge >= 0.3 is 0 Å². The Labute approximate surface area is 126 Å². The van der Waals surface area contributed by atoms with E-state index in [4.69, 9.17) is 5.73 Å². The van der Waals surface area contributed by atoms with Gasteiger partial charge in [0.15, 0.2) is 0 Å². The molecular weight excluding hydrogens is 418 g/mol. The van der Waals surface area contributed by atoms with Crippen LogP contribution < -0.4 is 5.73 Å². The van der Waals surface area contributed by atoms with Gasteiger partial charge in [0.1, 0.15) is 5.75 Å². The number of nitrogens with two attached hydrogens (primary N) is 1. The van der Waals surface area contributed by atoms with E-state index in [0.717, 1.165) is 10.0 Å². The summed E-state index contributed by atoms with van der Waals surface area (Å²) in [7, 11) is 0. The Balaban J connectivity index is 3.37. The van der Waals surface area contributed by atoms with Crippen molar-refractivity contribution in [3.63, 3.8) is 0 Å². The first-order valence-corrected chi connectivity index (χ1v) is 7.33. The fraction of sp³-hybridized carbons (Fsp3) is 0.455. The molecule has 0 saturated carbocycles. The highest BCUT2D eigenvalue weighted by Crippen LogP contribution is 2.45. The topological polar surface area (TPSA) is 66.5 Å². The minimum atomic E-state index is -0.481. The average molecular weight is 432 g/mol. The molecule has 1 rings (SSSR count). The number of aliphatic hydroxyl groups is 1. The second-order valence-electron chi connectivity index (χ2n) is 4.54. The molecular formula is C11H14Br3NO2. The number of aromatic hydroxyl groups is 1. The van der Waals surface area contributed by atoms with Gasteiger partial charge in [-0.15, -0.1) is 0 Å². The molecule has 0 aliphatic heterocycles. The van der Waals surface area contributed by atoms with Gasteiger partial charge in [0.05, 0.1) is 8.95 Å². The zero-order valence-corrected chi connectivity index (χ0v) is 14.2. The van der Waals surface area contributed by atoms with E-state index in [2.05, 4.69) is 47.8 Å². The molecule has 17 heavy (non-hydrogen) atoms. The molecule has 4 N–H and O–H groups in total. The Kier molecular flexibility index (Phi) is 5.06. The van der Waals surface area contributed by atoms with Crippen molar-refractivity contribution < 1.29 is 10.2 Å². The normalized spacial score (nSPS) is 13.8. The molecule has 1 aromatic carbocycles. The highest BCUT2D eigenvalue weighted by molar-refractivity contribution is 9.11. The van der Waals surface area contributed by atoms with Crippen LogP contribution in [0, 0.1) is 5.41 Å². The van der Waals surface area contributed by atoms with Crippen LogP contribution in [0.15, 0.2) is 19.5 Å². The molecule has 96 valence electrons. The second-order valence-corrected chi connectivity index (χ2v) is 7.04. The number of phenolic OH excluding ortho intramolecular Hbond substituents is 1. The smallest absolute Gasteiger partial charge is 0.144 e. The Hall–Kier alpha value is 0.380. The molecule has 0 bridgehead atoms. The van der Waals surface area contributed by atoms with Crippen LogP contribution in [0.1, 0.15) is 25.5 Å². The Morgan fingerprint density at radius 1 is 1.29 bits per heavy atom. The largest absolute Gasteiger partial charge is 0.506 e. The average Bonchev–Trinajstić information content (AvgIpc) is 2.26. The van der Waals surface area contributed by atoms with E-state index >= 15 is 0 Å². The standard InChI is InChI=1S/C11H14Br3NO2/c1-11(2,4-16)10(15)7-5(12)3-6(13)9(17)8(7)14/h3,10,16-17H,4,15H2,1-2H3/t10-/m1/s1. The lowest BCUT2D eigenvalue weighted by molar-refractivity contribution is 0.131. The summed E-state index contributed by atoms with van der Waals surface area (Å²) in [5.41, 5.74) is 6.42. The van der Waals surface area contributed by atoms with Gasteiger partial charge in [0, 0.05) is 28.1 Å². The first-order chi connectivity index (χ1) is 7.72. The molecule has 0 fully saturated rings. The van der Waals surface area contributed by atoms with E-state index in [1.807, 2.05) is 13.8 Å². The van der Waals surface area contributed by atoms with Crippen LogP contribution in [0.5, 0.6) is 5.75 Å². The van der Waals surface area contributed by atoms with Crippen LogP contribution in [-0.2, 0) is 0 Å². The maximum atomic E-state index is 9.87. The lowest BCUT2D eigenvalue weighted by Crippen LogP contribution is -2.33. The van der Waals surface area contributed by atoms with Gasteiger partial charge in [0.25, 0.3) is 0 Å². The van der Waals surface area contributed by atoms with Gasteiger partial charge in [0.2, 0.25) is 0 Å².